The monoisotopic (exact) mass is 276 g/mol. The molecule has 21 heavy (non-hydrogen) atoms. The van der Waals surface area contributed by atoms with E-state index >= 15 is 0 Å². The van der Waals surface area contributed by atoms with Crippen molar-refractivity contribution in [1.82, 2.24) is 0 Å². The largest absolute Gasteiger partial charge is 0.279 e. The lowest BCUT2D eigenvalue weighted by Crippen LogP contribution is -1.92. The quantitative estimate of drug-likeness (QED) is 0.365. The zero-order valence-electron chi connectivity index (χ0n) is 12.3. The first-order valence-electron chi connectivity index (χ1n) is 7.32. The Kier molecular flexibility index (Phi) is 6.09. The zero-order valence-corrected chi connectivity index (χ0v) is 12.3. The van der Waals surface area contributed by atoms with Crippen LogP contribution in [0.2, 0.25) is 0 Å². The average molecular weight is 276 g/mol. The lowest BCUT2D eigenvalue weighted by Gasteiger charge is -2.00. The molecule has 0 saturated carbocycles. The van der Waals surface area contributed by atoms with Crippen molar-refractivity contribution >= 4 is 11.9 Å². The van der Waals surface area contributed by atoms with Gasteiger partial charge in [0.2, 0.25) is 0 Å². The summed E-state index contributed by atoms with van der Waals surface area (Å²) in [5, 5.41) is 4.27. The maximum atomic E-state index is 4.27. The van der Waals surface area contributed by atoms with Crippen LogP contribution in [0.15, 0.2) is 59.7 Å². The molecule has 0 heterocycles. The van der Waals surface area contributed by atoms with Crippen LogP contribution in [0.3, 0.4) is 0 Å². The molecular formula is C19H20N2. The van der Waals surface area contributed by atoms with Gasteiger partial charge < -0.3 is 0 Å². The van der Waals surface area contributed by atoms with Crippen LogP contribution in [-0.4, -0.2) is 6.21 Å². The van der Waals surface area contributed by atoms with E-state index in [1.165, 1.54) is 6.42 Å². The van der Waals surface area contributed by atoms with Crippen molar-refractivity contribution in [2.75, 3.05) is 5.43 Å². The molecule has 0 aliphatic rings. The van der Waals surface area contributed by atoms with Gasteiger partial charge in [-0.05, 0) is 24.6 Å². The number of nitrogens with one attached hydrogen (secondary N) is 1. The van der Waals surface area contributed by atoms with Gasteiger partial charge in [0.15, 0.2) is 0 Å². The normalized spacial score (nSPS) is 10.1. The highest BCUT2D eigenvalue weighted by Gasteiger charge is 1.95. The van der Waals surface area contributed by atoms with Gasteiger partial charge in [-0.15, -0.1) is 0 Å². The molecule has 1 N–H and O–H groups in total. The number of unbranched alkanes of at least 4 members (excludes halogenated alkanes) is 2. The predicted molar refractivity (Wildman–Crippen MR) is 90.5 cm³/mol. The van der Waals surface area contributed by atoms with Gasteiger partial charge in [-0.1, -0.05) is 61.6 Å². The highest BCUT2D eigenvalue weighted by Crippen LogP contribution is 2.07. The Hall–Kier alpha value is -2.53. The summed E-state index contributed by atoms with van der Waals surface area (Å²) in [4.78, 5) is 0. The molecule has 0 fully saturated rings. The van der Waals surface area contributed by atoms with E-state index in [0.717, 1.165) is 29.7 Å². The first kappa shape index (κ1) is 14.9. The van der Waals surface area contributed by atoms with Gasteiger partial charge in [-0.25, -0.2) is 0 Å². The van der Waals surface area contributed by atoms with E-state index in [-0.39, 0.29) is 0 Å². The fraction of sp³-hybridized carbons (Fsp3) is 0.211. The minimum atomic E-state index is 0.949. The van der Waals surface area contributed by atoms with Crippen molar-refractivity contribution in [1.29, 1.82) is 0 Å². The van der Waals surface area contributed by atoms with Crippen molar-refractivity contribution in [2.45, 2.75) is 26.2 Å². The minimum absolute atomic E-state index is 0.949. The molecule has 2 heteroatoms. The van der Waals surface area contributed by atoms with Crippen LogP contribution in [0.4, 0.5) is 5.69 Å². The molecule has 106 valence electrons. The van der Waals surface area contributed by atoms with E-state index in [9.17, 15) is 0 Å². The summed E-state index contributed by atoms with van der Waals surface area (Å²) in [6.07, 6.45) is 5.10. The Morgan fingerprint density at radius 1 is 1.05 bits per heavy atom. The molecular weight excluding hydrogens is 256 g/mol. The molecule has 0 aliphatic heterocycles. The SMILES string of the molecule is CCCCC#Cc1ccccc1/C=N/Nc1ccccc1. The first-order valence-corrected chi connectivity index (χ1v) is 7.32. The molecule has 0 spiro atoms. The molecule has 0 unspecified atom stereocenters. The number of anilines is 1. The van der Waals surface area contributed by atoms with Gasteiger partial charge in [0.1, 0.15) is 0 Å². The molecule has 0 aromatic heterocycles. The summed E-state index contributed by atoms with van der Waals surface area (Å²) in [5.41, 5.74) is 6.04. The van der Waals surface area contributed by atoms with Crippen LogP contribution in [0, 0.1) is 11.8 Å². The molecule has 0 radical (unpaired) electrons. The second kappa shape index (κ2) is 8.60. The fourth-order valence-electron chi connectivity index (χ4n) is 1.84. The highest BCUT2D eigenvalue weighted by atomic mass is 15.3. The van der Waals surface area contributed by atoms with Crippen molar-refractivity contribution in [3.63, 3.8) is 0 Å². The Bertz CT molecular complexity index is 633. The smallest absolute Gasteiger partial charge is 0.0561 e. The highest BCUT2D eigenvalue weighted by molar-refractivity contribution is 5.84. The number of hydrogen-bond donors (Lipinski definition) is 1. The van der Waals surface area contributed by atoms with E-state index in [1.54, 1.807) is 0 Å². The molecule has 0 atom stereocenters. The van der Waals surface area contributed by atoms with Crippen molar-refractivity contribution in [2.24, 2.45) is 5.10 Å². The zero-order chi connectivity index (χ0) is 14.8. The molecule has 0 bridgehead atoms. The molecule has 2 aromatic rings. The maximum absolute atomic E-state index is 4.27. The van der Waals surface area contributed by atoms with E-state index in [4.69, 9.17) is 0 Å². The van der Waals surface area contributed by atoms with Gasteiger partial charge in [-0.3, -0.25) is 5.43 Å². The third kappa shape index (κ3) is 5.16. The molecule has 2 rings (SSSR count). The Labute approximate surface area is 126 Å². The summed E-state index contributed by atoms with van der Waals surface area (Å²) in [5.74, 6) is 6.45. The summed E-state index contributed by atoms with van der Waals surface area (Å²) in [6.45, 7) is 2.18. The van der Waals surface area contributed by atoms with Crippen molar-refractivity contribution in [3.8, 4) is 11.8 Å². The number of benzene rings is 2. The molecule has 0 aliphatic carbocycles. The Morgan fingerprint density at radius 2 is 1.81 bits per heavy atom. The maximum Gasteiger partial charge on any atom is 0.0561 e. The summed E-state index contributed by atoms with van der Waals surface area (Å²) < 4.78 is 0. The summed E-state index contributed by atoms with van der Waals surface area (Å²) in [7, 11) is 0. The van der Waals surface area contributed by atoms with Gasteiger partial charge >= 0.3 is 0 Å². The minimum Gasteiger partial charge on any atom is -0.279 e. The number of rotatable bonds is 5. The summed E-state index contributed by atoms with van der Waals surface area (Å²) in [6, 6.07) is 18.0. The second-order valence-corrected chi connectivity index (χ2v) is 4.73. The second-order valence-electron chi connectivity index (χ2n) is 4.73. The standard InChI is InChI=1S/C19H20N2/c1-2-3-4-6-11-17-12-9-10-13-18(17)16-20-21-19-14-7-5-8-15-19/h5,7-10,12-16,21H,2-4H2,1H3/b20-16+. The number of nitrogens with zero attached hydrogens (tertiary/aromatic N) is 1. The molecule has 2 aromatic carbocycles. The van der Waals surface area contributed by atoms with Crippen molar-refractivity contribution < 1.29 is 0 Å². The van der Waals surface area contributed by atoms with Gasteiger partial charge in [0, 0.05) is 17.5 Å². The average Bonchev–Trinajstić information content (AvgIpc) is 2.54. The van der Waals surface area contributed by atoms with Crippen LogP contribution in [-0.2, 0) is 0 Å². The van der Waals surface area contributed by atoms with Gasteiger partial charge in [-0.2, -0.15) is 5.10 Å². The molecule has 2 nitrogen and oxygen atoms in total. The van der Waals surface area contributed by atoms with E-state index < -0.39 is 0 Å². The molecule has 0 saturated heterocycles. The van der Waals surface area contributed by atoms with Crippen LogP contribution in [0.25, 0.3) is 0 Å². The van der Waals surface area contributed by atoms with Gasteiger partial charge in [0.05, 0.1) is 11.9 Å². The van der Waals surface area contributed by atoms with E-state index in [0.29, 0.717) is 0 Å². The van der Waals surface area contributed by atoms with Crippen LogP contribution in [0.5, 0.6) is 0 Å². The van der Waals surface area contributed by atoms with Gasteiger partial charge in [0.25, 0.3) is 0 Å². The lowest BCUT2D eigenvalue weighted by atomic mass is 10.1. The summed E-state index contributed by atoms with van der Waals surface area (Å²) >= 11 is 0. The van der Waals surface area contributed by atoms with Crippen LogP contribution >= 0.6 is 0 Å². The van der Waals surface area contributed by atoms with E-state index in [1.807, 2.05) is 60.8 Å². The third-order valence-corrected chi connectivity index (χ3v) is 3.01. The Morgan fingerprint density at radius 3 is 2.62 bits per heavy atom. The van der Waals surface area contributed by atoms with Crippen LogP contribution < -0.4 is 5.43 Å². The topological polar surface area (TPSA) is 24.4 Å². The van der Waals surface area contributed by atoms with Crippen LogP contribution in [0.1, 0.15) is 37.3 Å². The fourth-order valence-corrected chi connectivity index (χ4v) is 1.84. The number of para-hydroxylation sites is 1. The predicted octanol–water partition coefficient (Wildman–Crippen LogP) is 4.67. The number of hydrogen-bond acceptors (Lipinski definition) is 2. The lowest BCUT2D eigenvalue weighted by molar-refractivity contribution is 0.828. The van der Waals surface area contributed by atoms with Crippen molar-refractivity contribution in [3.05, 3.63) is 65.7 Å². The number of hydrazone groups is 1. The third-order valence-electron chi connectivity index (χ3n) is 3.01. The van der Waals surface area contributed by atoms with E-state index in [2.05, 4.69) is 29.3 Å². The Balaban J connectivity index is 2.03. The molecule has 0 amide bonds. The first-order chi connectivity index (χ1) is 10.4.